The van der Waals surface area contributed by atoms with Gasteiger partial charge in [-0.3, -0.25) is 0 Å². The molecule has 28 heavy (non-hydrogen) atoms. The van der Waals surface area contributed by atoms with Crippen LogP contribution in [0.15, 0.2) is 48.5 Å². The lowest BCUT2D eigenvalue weighted by Crippen LogP contribution is -2.43. The number of aryl methyl sites for hydroxylation is 1. The number of hydrogen-bond acceptors (Lipinski definition) is 3. The summed E-state index contributed by atoms with van der Waals surface area (Å²) in [7, 11) is 0. The van der Waals surface area contributed by atoms with Gasteiger partial charge in [0.15, 0.2) is 0 Å². The quantitative estimate of drug-likeness (QED) is 0.584. The van der Waals surface area contributed by atoms with Crippen molar-refractivity contribution in [1.29, 1.82) is 0 Å². The number of fused-ring (bicyclic) bond motifs is 5. The van der Waals surface area contributed by atoms with Gasteiger partial charge in [-0.2, -0.15) is 0 Å². The minimum atomic E-state index is -0.303. The molecule has 0 bridgehead atoms. The molecule has 0 radical (unpaired) electrons. The summed E-state index contributed by atoms with van der Waals surface area (Å²) < 4.78 is 5.63. The first-order valence-corrected chi connectivity index (χ1v) is 10.6. The standard InChI is InChI=1S/C25H28O3/c1-25-14-13-20-19-10-8-18(28-24(27)16-5-3-2-4-6-16)15-17(19)7-9-21(20)22(25)11-12-23(25)26/h2-6,8,10,15,20-23,26H,7,9,11-14H2,1H3/t20-,21-,22-,23+,25-/m1/s1. The SMILES string of the molecule is C[C@@]12CC[C@@H]3c4ccc(OC(=O)c5ccccc5)cc4CC[C@H]3[C@H]1CC[C@@H]2O. The fourth-order valence-electron chi connectivity index (χ4n) is 6.33. The van der Waals surface area contributed by atoms with Crippen LogP contribution in [0.1, 0.15) is 66.4 Å². The molecule has 3 nitrogen and oxygen atoms in total. The molecule has 0 spiro atoms. The van der Waals surface area contributed by atoms with Crippen LogP contribution < -0.4 is 4.74 Å². The number of hydrogen-bond donors (Lipinski definition) is 1. The summed E-state index contributed by atoms with van der Waals surface area (Å²) >= 11 is 0. The van der Waals surface area contributed by atoms with Crippen molar-refractivity contribution in [1.82, 2.24) is 0 Å². The third-order valence-corrected chi connectivity index (χ3v) is 7.87. The third kappa shape index (κ3) is 2.79. The van der Waals surface area contributed by atoms with Crippen molar-refractivity contribution in [2.45, 2.75) is 57.5 Å². The van der Waals surface area contributed by atoms with Gasteiger partial charge in [-0.25, -0.2) is 4.79 Å². The van der Waals surface area contributed by atoms with Crippen LogP contribution in [0.5, 0.6) is 5.75 Å². The van der Waals surface area contributed by atoms with E-state index in [2.05, 4.69) is 19.1 Å². The van der Waals surface area contributed by atoms with Gasteiger partial charge in [-0.1, -0.05) is 31.2 Å². The maximum Gasteiger partial charge on any atom is 0.343 e. The summed E-state index contributed by atoms with van der Waals surface area (Å²) in [6, 6.07) is 15.4. The molecule has 0 unspecified atom stereocenters. The number of aliphatic hydroxyl groups excluding tert-OH is 1. The van der Waals surface area contributed by atoms with Crippen molar-refractivity contribution in [3.63, 3.8) is 0 Å². The molecule has 2 fully saturated rings. The van der Waals surface area contributed by atoms with E-state index in [4.69, 9.17) is 4.74 Å². The first-order valence-electron chi connectivity index (χ1n) is 10.6. The lowest BCUT2D eigenvalue weighted by molar-refractivity contribution is -0.0226. The van der Waals surface area contributed by atoms with E-state index in [1.54, 1.807) is 12.1 Å². The first kappa shape index (κ1) is 17.9. The van der Waals surface area contributed by atoms with Gasteiger partial charge in [-0.05, 0) is 97.1 Å². The molecule has 2 saturated carbocycles. The molecule has 0 amide bonds. The van der Waals surface area contributed by atoms with Crippen LogP contribution in [0.3, 0.4) is 0 Å². The second-order valence-electron chi connectivity index (χ2n) is 9.17. The second-order valence-corrected chi connectivity index (χ2v) is 9.17. The highest BCUT2D eigenvalue weighted by Crippen LogP contribution is 2.60. The number of rotatable bonds is 2. The van der Waals surface area contributed by atoms with Crippen molar-refractivity contribution in [3.05, 3.63) is 65.2 Å². The third-order valence-electron chi connectivity index (χ3n) is 7.87. The Morgan fingerprint density at radius 2 is 1.89 bits per heavy atom. The van der Waals surface area contributed by atoms with Gasteiger partial charge in [0, 0.05) is 0 Å². The van der Waals surface area contributed by atoms with Crippen molar-refractivity contribution in [2.24, 2.45) is 17.3 Å². The van der Waals surface area contributed by atoms with Gasteiger partial charge in [0.2, 0.25) is 0 Å². The Morgan fingerprint density at radius 3 is 2.71 bits per heavy atom. The predicted octanol–water partition coefficient (Wildman–Crippen LogP) is 5.12. The highest BCUT2D eigenvalue weighted by atomic mass is 16.5. The summed E-state index contributed by atoms with van der Waals surface area (Å²) in [5.41, 5.74) is 3.47. The van der Waals surface area contributed by atoms with Crippen LogP contribution in [-0.2, 0) is 6.42 Å². The van der Waals surface area contributed by atoms with Gasteiger partial charge in [-0.15, -0.1) is 0 Å². The van der Waals surface area contributed by atoms with Crippen molar-refractivity contribution >= 4 is 5.97 Å². The predicted molar refractivity (Wildman–Crippen MR) is 108 cm³/mol. The average molecular weight is 376 g/mol. The zero-order chi connectivity index (χ0) is 19.3. The van der Waals surface area contributed by atoms with Crippen LogP contribution in [-0.4, -0.2) is 17.2 Å². The smallest absolute Gasteiger partial charge is 0.343 e. The van der Waals surface area contributed by atoms with E-state index >= 15 is 0 Å². The van der Waals surface area contributed by atoms with E-state index in [0.29, 0.717) is 29.1 Å². The van der Waals surface area contributed by atoms with E-state index < -0.39 is 0 Å². The van der Waals surface area contributed by atoms with Gasteiger partial charge in [0.1, 0.15) is 5.75 Å². The molecular formula is C25H28O3. The molecule has 2 aromatic rings. The summed E-state index contributed by atoms with van der Waals surface area (Å²) in [6.07, 6.45) is 6.50. The summed E-state index contributed by atoms with van der Waals surface area (Å²) in [5.74, 6) is 2.25. The normalized spacial score (nSPS) is 33.5. The van der Waals surface area contributed by atoms with Crippen molar-refractivity contribution < 1.29 is 14.6 Å². The highest BCUT2D eigenvalue weighted by Gasteiger charge is 2.54. The van der Waals surface area contributed by atoms with Crippen molar-refractivity contribution in [2.75, 3.05) is 0 Å². The number of carbonyl (C=O) groups excluding carboxylic acids is 1. The summed E-state index contributed by atoms with van der Waals surface area (Å²) in [5, 5.41) is 10.5. The van der Waals surface area contributed by atoms with E-state index in [1.165, 1.54) is 24.0 Å². The van der Waals surface area contributed by atoms with Crippen LogP contribution in [0, 0.1) is 17.3 Å². The fourth-order valence-corrected chi connectivity index (χ4v) is 6.33. The Morgan fingerprint density at radius 1 is 1.07 bits per heavy atom. The van der Waals surface area contributed by atoms with Crippen LogP contribution >= 0.6 is 0 Å². The van der Waals surface area contributed by atoms with Gasteiger partial charge < -0.3 is 9.84 Å². The molecule has 0 aliphatic heterocycles. The van der Waals surface area contributed by atoms with E-state index in [0.717, 1.165) is 25.7 Å². The number of aliphatic hydroxyl groups is 1. The van der Waals surface area contributed by atoms with Crippen LogP contribution in [0.25, 0.3) is 0 Å². The fraction of sp³-hybridized carbons (Fsp3) is 0.480. The van der Waals surface area contributed by atoms with E-state index in [1.807, 2.05) is 24.3 Å². The molecule has 2 aromatic carbocycles. The molecule has 5 rings (SSSR count). The molecule has 3 aliphatic rings. The maximum atomic E-state index is 12.4. The Balaban J connectivity index is 1.37. The summed E-state index contributed by atoms with van der Waals surface area (Å²) in [4.78, 5) is 12.4. The Bertz CT molecular complexity index is 890. The molecule has 0 aromatic heterocycles. The number of benzene rings is 2. The Hall–Kier alpha value is -2.13. The summed E-state index contributed by atoms with van der Waals surface area (Å²) in [6.45, 7) is 2.31. The van der Waals surface area contributed by atoms with E-state index in [-0.39, 0.29) is 17.5 Å². The Kier molecular flexibility index (Phi) is 4.31. The van der Waals surface area contributed by atoms with Gasteiger partial charge >= 0.3 is 5.97 Å². The van der Waals surface area contributed by atoms with Crippen LogP contribution in [0.4, 0.5) is 0 Å². The minimum absolute atomic E-state index is 0.115. The number of ether oxygens (including phenoxy) is 1. The highest BCUT2D eigenvalue weighted by molar-refractivity contribution is 5.91. The molecule has 5 atom stereocenters. The van der Waals surface area contributed by atoms with Gasteiger partial charge in [0.05, 0.1) is 11.7 Å². The molecule has 3 heteroatoms. The number of carbonyl (C=O) groups is 1. The molecule has 1 N–H and O–H groups in total. The molecule has 146 valence electrons. The molecular weight excluding hydrogens is 348 g/mol. The number of esters is 1. The topological polar surface area (TPSA) is 46.5 Å². The minimum Gasteiger partial charge on any atom is -0.423 e. The average Bonchev–Trinajstić information content (AvgIpc) is 3.03. The molecule has 0 heterocycles. The molecule has 0 saturated heterocycles. The maximum absolute atomic E-state index is 12.4. The largest absolute Gasteiger partial charge is 0.423 e. The second kappa shape index (κ2) is 6.73. The molecule has 3 aliphatic carbocycles. The van der Waals surface area contributed by atoms with Gasteiger partial charge in [0.25, 0.3) is 0 Å². The lowest BCUT2D eigenvalue weighted by atomic mass is 9.55. The lowest BCUT2D eigenvalue weighted by Gasteiger charge is -2.50. The Labute approximate surface area is 166 Å². The van der Waals surface area contributed by atoms with E-state index in [9.17, 15) is 9.90 Å². The zero-order valence-corrected chi connectivity index (χ0v) is 16.4. The van der Waals surface area contributed by atoms with Crippen molar-refractivity contribution in [3.8, 4) is 5.75 Å². The zero-order valence-electron chi connectivity index (χ0n) is 16.4. The monoisotopic (exact) mass is 376 g/mol. The van der Waals surface area contributed by atoms with Crippen LogP contribution in [0.2, 0.25) is 0 Å². The first-order chi connectivity index (χ1) is 13.6.